The molecule has 140 valence electrons. The van der Waals surface area contributed by atoms with E-state index in [2.05, 4.69) is 15.5 Å². The summed E-state index contributed by atoms with van der Waals surface area (Å²) >= 11 is 13.4. The number of nitrogens with one attached hydrogen (secondary N) is 1. The van der Waals surface area contributed by atoms with E-state index in [0.717, 1.165) is 11.3 Å². The van der Waals surface area contributed by atoms with Crippen LogP contribution in [0.25, 0.3) is 5.69 Å². The Labute approximate surface area is 172 Å². The summed E-state index contributed by atoms with van der Waals surface area (Å²) in [4.78, 5) is 12.3. The van der Waals surface area contributed by atoms with Gasteiger partial charge in [0.2, 0.25) is 5.91 Å². The Bertz CT molecular complexity index is 943. The fourth-order valence-electron chi connectivity index (χ4n) is 2.55. The van der Waals surface area contributed by atoms with E-state index in [9.17, 15) is 4.79 Å². The van der Waals surface area contributed by atoms with Crippen LogP contribution >= 0.6 is 35.0 Å². The van der Waals surface area contributed by atoms with Crippen molar-refractivity contribution in [2.75, 3.05) is 5.75 Å². The number of carbonyl (C=O) groups excluding carboxylic acids is 1. The fourth-order valence-corrected chi connectivity index (χ4v) is 3.86. The summed E-state index contributed by atoms with van der Waals surface area (Å²) in [6.07, 6.45) is 1.64. The zero-order chi connectivity index (χ0) is 19.4. The molecule has 1 aromatic heterocycles. The number of rotatable bonds is 6. The van der Waals surface area contributed by atoms with Crippen molar-refractivity contribution in [1.29, 1.82) is 0 Å². The molecule has 1 heterocycles. The van der Waals surface area contributed by atoms with E-state index in [1.165, 1.54) is 17.3 Å². The smallest absolute Gasteiger partial charge is 0.230 e. The van der Waals surface area contributed by atoms with Crippen molar-refractivity contribution in [2.24, 2.45) is 0 Å². The Morgan fingerprint density at radius 1 is 1.22 bits per heavy atom. The van der Waals surface area contributed by atoms with Gasteiger partial charge in [0.1, 0.15) is 6.33 Å². The van der Waals surface area contributed by atoms with Crippen molar-refractivity contribution in [1.82, 2.24) is 20.1 Å². The lowest BCUT2D eigenvalue weighted by Crippen LogP contribution is -2.28. The second-order valence-corrected chi connectivity index (χ2v) is 7.85. The van der Waals surface area contributed by atoms with E-state index in [0.29, 0.717) is 15.2 Å². The van der Waals surface area contributed by atoms with Crippen LogP contribution in [0.3, 0.4) is 0 Å². The van der Waals surface area contributed by atoms with Gasteiger partial charge in [-0.1, -0.05) is 58.7 Å². The maximum absolute atomic E-state index is 12.3. The highest BCUT2D eigenvalue weighted by Gasteiger charge is 2.15. The summed E-state index contributed by atoms with van der Waals surface area (Å²) < 4.78 is 1.86. The maximum atomic E-state index is 12.3. The van der Waals surface area contributed by atoms with Gasteiger partial charge in [-0.2, -0.15) is 0 Å². The van der Waals surface area contributed by atoms with Gasteiger partial charge in [0.05, 0.1) is 11.8 Å². The Morgan fingerprint density at radius 2 is 1.96 bits per heavy atom. The predicted octanol–water partition coefficient (Wildman–Crippen LogP) is 4.85. The highest BCUT2D eigenvalue weighted by atomic mass is 35.5. The lowest BCUT2D eigenvalue weighted by Gasteiger charge is -2.16. The fraction of sp³-hybridized carbons (Fsp3) is 0.211. The van der Waals surface area contributed by atoms with Crippen LogP contribution < -0.4 is 5.32 Å². The SMILES string of the molecule is Cc1ccc(-n2cnnc2SCC(=O)NC(C)c2ccc(Cl)cc2Cl)cc1. The number of thioether (sulfide) groups is 1. The van der Waals surface area contributed by atoms with Crippen LogP contribution in [-0.4, -0.2) is 26.4 Å². The lowest BCUT2D eigenvalue weighted by molar-refractivity contribution is -0.119. The quantitative estimate of drug-likeness (QED) is 0.578. The molecule has 0 bridgehead atoms. The van der Waals surface area contributed by atoms with Gasteiger partial charge in [0, 0.05) is 15.7 Å². The zero-order valence-electron chi connectivity index (χ0n) is 14.8. The Morgan fingerprint density at radius 3 is 2.67 bits per heavy atom. The first kappa shape index (κ1) is 19.7. The first-order chi connectivity index (χ1) is 12.9. The molecule has 3 rings (SSSR count). The molecular formula is C19H18Cl2N4OS. The largest absolute Gasteiger partial charge is 0.349 e. The summed E-state index contributed by atoms with van der Waals surface area (Å²) in [7, 11) is 0. The van der Waals surface area contributed by atoms with Crippen LogP contribution in [0.4, 0.5) is 0 Å². The zero-order valence-corrected chi connectivity index (χ0v) is 17.1. The number of nitrogens with zero attached hydrogens (tertiary/aromatic N) is 3. The summed E-state index contributed by atoms with van der Waals surface area (Å²) in [6.45, 7) is 3.91. The van der Waals surface area contributed by atoms with Crippen molar-refractivity contribution in [2.45, 2.75) is 25.0 Å². The van der Waals surface area contributed by atoms with Crippen molar-refractivity contribution in [3.05, 3.63) is 70.0 Å². The van der Waals surface area contributed by atoms with Crippen LogP contribution in [0.1, 0.15) is 24.1 Å². The van der Waals surface area contributed by atoms with Gasteiger partial charge in [-0.15, -0.1) is 10.2 Å². The number of benzene rings is 2. The van der Waals surface area contributed by atoms with Crippen LogP contribution in [0, 0.1) is 6.92 Å². The highest BCUT2D eigenvalue weighted by Crippen LogP contribution is 2.26. The van der Waals surface area contributed by atoms with Crippen molar-refractivity contribution < 1.29 is 4.79 Å². The Balaban J connectivity index is 1.61. The topological polar surface area (TPSA) is 59.8 Å². The summed E-state index contributed by atoms with van der Waals surface area (Å²) in [6, 6.07) is 13.0. The molecule has 0 radical (unpaired) electrons. The highest BCUT2D eigenvalue weighted by molar-refractivity contribution is 7.99. The molecule has 3 aromatic rings. The molecular weight excluding hydrogens is 403 g/mol. The number of amides is 1. The first-order valence-electron chi connectivity index (χ1n) is 8.28. The average molecular weight is 421 g/mol. The summed E-state index contributed by atoms with van der Waals surface area (Å²) in [5, 5.41) is 12.8. The van der Waals surface area contributed by atoms with Gasteiger partial charge in [-0.05, 0) is 43.7 Å². The molecule has 0 aliphatic rings. The molecule has 5 nitrogen and oxygen atoms in total. The van der Waals surface area contributed by atoms with Gasteiger partial charge in [0.15, 0.2) is 5.16 Å². The monoisotopic (exact) mass is 420 g/mol. The Hall–Kier alpha value is -2.02. The molecule has 0 aliphatic carbocycles. The molecule has 8 heteroatoms. The van der Waals surface area contributed by atoms with Gasteiger partial charge in [-0.25, -0.2) is 0 Å². The molecule has 1 N–H and O–H groups in total. The molecule has 1 amide bonds. The van der Waals surface area contributed by atoms with Crippen LogP contribution in [0.5, 0.6) is 0 Å². The summed E-state index contributed by atoms with van der Waals surface area (Å²) in [5.74, 6) is 0.108. The van der Waals surface area contributed by atoms with Crippen molar-refractivity contribution in [3.8, 4) is 5.69 Å². The number of halogens is 2. The third kappa shape index (κ3) is 5.03. The molecule has 0 spiro atoms. The van der Waals surface area contributed by atoms with E-state index in [4.69, 9.17) is 23.2 Å². The van der Waals surface area contributed by atoms with Gasteiger partial charge >= 0.3 is 0 Å². The lowest BCUT2D eigenvalue weighted by atomic mass is 10.1. The maximum Gasteiger partial charge on any atom is 0.230 e. The van der Waals surface area contributed by atoms with Crippen LogP contribution in [-0.2, 0) is 4.79 Å². The standard InChI is InChI=1S/C19H18Cl2N4OS/c1-12-3-6-15(7-4-12)25-11-22-24-19(25)27-10-18(26)23-13(2)16-8-5-14(20)9-17(16)21/h3-9,11,13H,10H2,1-2H3,(H,23,26). The molecule has 1 atom stereocenters. The van der Waals surface area contributed by atoms with Crippen LogP contribution in [0.2, 0.25) is 10.0 Å². The first-order valence-corrected chi connectivity index (χ1v) is 10.0. The number of aromatic nitrogens is 3. The van der Waals surface area contributed by atoms with Crippen LogP contribution in [0.15, 0.2) is 53.9 Å². The second-order valence-electron chi connectivity index (χ2n) is 6.06. The summed E-state index contributed by atoms with van der Waals surface area (Å²) in [5.41, 5.74) is 2.95. The van der Waals surface area contributed by atoms with Gasteiger partial charge < -0.3 is 5.32 Å². The normalized spacial score (nSPS) is 12.0. The second kappa shape index (κ2) is 8.78. The van der Waals surface area contributed by atoms with Crippen molar-refractivity contribution in [3.63, 3.8) is 0 Å². The molecule has 27 heavy (non-hydrogen) atoms. The number of hydrogen-bond donors (Lipinski definition) is 1. The molecule has 0 saturated carbocycles. The van der Waals surface area contributed by atoms with E-state index in [1.807, 2.05) is 48.7 Å². The third-order valence-electron chi connectivity index (χ3n) is 3.97. The minimum absolute atomic E-state index is 0.114. The molecule has 1 unspecified atom stereocenters. The third-order valence-corrected chi connectivity index (χ3v) is 5.47. The molecule has 0 aliphatic heterocycles. The Kier molecular flexibility index (Phi) is 6.42. The number of aryl methyl sites for hydroxylation is 1. The average Bonchev–Trinajstić information content (AvgIpc) is 3.09. The minimum atomic E-state index is -0.224. The molecule has 0 fully saturated rings. The predicted molar refractivity (Wildman–Crippen MR) is 110 cm³/mol. The van der Waals surface area contributed by atoms with Gasteiger partial charge in [-0.3, -0.25) is 9.36 Å². The minimum Gasteiger partial charge on any atom is -0.349 e. The van der Waals surface area contributed by atoms with E-state index in [-0.39, 0.29) is 17.7 Å². The number of hydrogen-bond acceptors (Lipinski definition) is 4. The number of carbonyl (C=O) groups is 1. The van der Waals surface area contributed by atoms with Gasteiger partial charge in [0.25, 0.3) is 0 Å². The van der Waals surface area contributed by atoms with E-state index in [1.54, 1.807) is 18.5 Å². The van der Waals surface area contributed by atoms with Crippen molar-refractivity contribution >= 4 is 40.9 Å². The molecule has 2 aromatic carbocycles. The van der Waals surface area contributed by atoms with E-state index < -0.39 is 0 Å². The molecule has 0 saturated heterocycles. The van der Waals surface area contributed by atoms with E-state index >= 15 is 0 Å².